The molecule has 2 aromatic rings. The fraction of sp³-hybridized carbons (Fsp3) is 0.571. The number of nitrogens with zero attached hydrogens (tertiary/aromatic N) is 4. The van der Waals surface area contributed by atoms with Crippen LogP contribution in [0.4, 0.5) is 0 Å². The third-order valence-corrected chi connectivity index (χ3v) is 6.42. The van der Waals surface area contributed by atoms with Crippen molar-refractivity contribution in [3.63, 3.8) is 0 Å². The summed E-state index contributed by atoms with van der Waals surface area (Å²) in [5, 5.41) is 3.25. The maximum atomic E-state index is 11.9. The van der Waals surface area contributed by atoms with E-state index in [0.717, 1.165) is 37.4 Å². The first-order chi connectivity index (χ1) is 13.3. The summed E-state index contributed by atoms with van der Waals surface area (Å²) in [6, 6.07) is 4.14. The van der Waals surface area contributed by atoms with Crippen LogP contribution < -0.4 is 5.32 Å². The molecule has 0 spiro atoms. The Balaban J connectivity index is 1.61. The minimum atomic E-state index is -0.248. The molecule has 0 radical (unpaired) electrons. The Morgan fingerprint density at radius 1 is 1.29 bits per heavy atom. The van der Waals surface area contributed by atoms with Gasteiger partial charge in [0.05, 0.1) is 16.9 Å². The fourth-order valence-electron chi connectivity index (χ4n) is 5.02. The summed E-state index contributed by atoms with van der Waals surface area (Å²) in [5.41, 5.74) is 4.16. The molecule has 28 heavy (non-hydrogen) atoms. The Morgan fingerprint density at radius 2 is 2.07 bits per heavy atom. The summed E-state index contributed by atoms with van der Waals surface area (Å²) in [6.45, 7) is 11.2. The highest BCUT2D eigenvalue weighted by Crippen LogP contribution is 2.36. The molecule has 0 aliphatic carbocycles. The number of aryl methyl sites for hydroxylation is 2. The molecule has 2 fully saturated rings. The number of carbonyl (C=O) groups is 2. The minimum absolute atomic E-state index is 0.00438. The van der Waals surface area contributed by atoms with Crippen LogP contribution in [0, 0.1) is 19.8 Å². The van der Waals surface area contributed by atoms with Crippen LogP contribution in [0.15, 0.2) is 18.3 Å². The molecule has 7 heteroatoms. The van der Waals surface area contributed by atoms with Gasteiger partial charge in [0.25, 0.3) is 0 Å². The number of rotatable bonds is 3. The number of likely N-dealkylation sites (tertiary alicyclic amines) is 2. The molecule has 150 valence electrons. The Hall–Kier alpha value is -2.41. The van der Waals surface area contributed by atoms with E-state index in [1.807, 2.05) is 4.90 Å². The first kappa shape index (κ1) is 18.9. The molecule has 1 N–H and O–H groups in total. The van der Waals surface area contributed by atoms with Crippen molar-refractivity contribution >= 4 is 17.5 Å². The maximum absolute atomic E-state index is 11.9. The molecule has 0 bridgehead atoms. The topological polar surface area (TPSA) is 70.0 Å². The molecular formula is C21H29N5O2. The minimum Gasteiger partial charge on any atom is -0.349 e. The van der Waals surface area contributed by atoms with E-state index >= 15 is 0 Å². The molecule has 2 amide bonds. The second-order valence-electron chi connectivity index (χ2n) is 8.45. The van der Waals surface area contributed by atoms with Crippen LogP contribution in [0.5, 0.6) is 0 Å². The summed E-state index contributed by atoms with van der Waals surface area (Å²) in [5.74, 6) is 0.364. The highest BCUT2D eigenvalue weighted by Gasteiger charge is 2.50. The third kappa shape index (κ3) is 3.17. The molecule has 7 nitrogen and oxygen atoms in total. The number of carbonyl (C=O) groups excluding carboxylic acids is 2. The molecule has 2 aliphatic rings. The second kappa shape index (κ2) is 6.88. The molecule has 2 aliphatic heterocycles. The van der Waals surface area contributed by atoms with Gasteiger partial charge in [0, 0.05) is 58.7 Å². The highest BCUT2D eigenvalue weighted by atomic mass is 16.2. The van der Waals surface area contributed by atoms with E-state index in [0.29, 0.717) is 13.1 Å². The highest BCUT2D eigenvalue weighted by molar-refractivity contribution is 5.75. The number of imidazole rings is 1. The average molecular weight is 383 g/mol. The zero-order valence-electron chi connectivity index (χ0n) is 17.2. The summed E-state index contributed by atoms with van der Waals surface area (Å²) in [6.07, 6.45) is 2.88. The smallest absolute Gasteiger partial charge is 0.219 e. The van der Waals surface area contributed by atoms with Crippen LogP contribution in [0.2, 0.25) is 0 Å². The largest absolute Gasteiger partial charge is 0.349 e. The number of piperidine rings is 1. The van der Waals surface area contributed by atoms with Crippen molar-refractivity contribution in [3.05, 3.63) is 35.3 Å². The first-order valence-electron chi connectivity index (χ1n) is 9.99. The molecule has 4 heterocycles. The quantitative estimate of drug-likeness (QED) is 0.872. The second-order valence-corrected chi connectivity index (χ2v) is 8.45. The summed E-state index contributed by atoms with van der Waals surface area (Å²) in [4.78, 5) is 32.9. The summed E-state index contributed by atoms with van der Waals surface area (Å²) >= 11 is 0. The van der Waals surface area contributed by atoms with E-state index in [2.05, 4.69) is 46.8 Å². The van der Waals surface area contributed by atoms with Crippen LogP contribution in [0.1, 0.15) is 37.2 Å². The number of fused-ring (bicyclic) bond motifs is 2. The lowest BCUT2D eigenvalue weighted by Gasteiger charge is -2.43. The third-order valence-electron chi connectivity index (χ3n) is 6.42. The lowest BCUT2D eigenvalue weighted by atomic mass is 9.80. The van der Waals surface area contributed by atoms with Crippen LogP contribution in [0.3, 0.4) is 0 Å². The van der Waals surface area contributed by atoms with E-state index in [9.17, 15) is 9.59 Å². The Morgan fingerprint density at radius 3 is 2.79 bits per heavy atom. The van der Waals surface area contributed by atoms with Gasteiger partial charge < -0.3 is 14.6 Å². The molecule has 2 aromatic heterocycles. The van der Waals surface area contributed by atoms with E-state index in [1.165, 1.54) is 11.3 Å². The predicted octanol–water partition coefficient (Wildman–Crippen LogP) is 1.51. The Bertz CT molecular complexity index is 936. The number of aromatic nitrogens is 2. The van der Waals surface area contributed by atoms with E-state index < -0.39 is 0 Å². The van der Waals surface area contributed by atoms with Crippen molar-refractivity contribution in [1.82, 2.24) is 24.5 Å². The number of hydrogen-bond donors (Lipinski definition) is 1. The zero-order chi connectivity index (χ0) is 20.1. The van der Waals surface area contributed by atoms with Gasteiger partial charge in [-0.25, -0.2) is 4.98 Å². The van der Waals surface area contributed by atoms with Gasteiger partial charge in [-0.1, -0.05) is 6.07 Å². The lowest BCUT2D eigenvalue weighted by Crippen LogP contribution is -2.61. The van der Waals surface area contributed by atoms with E-state index in [1.54, 1.807) is 13.8 Å². The van der Waals surface area contributed by atoms with Crippen molar-refractivity contribution in [3.8, 4) is 0 Å². The SMILES string of the molecule is CC(=O)N[C@@]12CCN(C(C)=O)C[C@@H]1CN(Cc1c(C)nc3c(C)cccn13)C2. The molecule has 4 rings (SSSR count). The Kier molecular flexibility index (Phi) is 4.65. The molecule has 0 unspecified atom stereocenters. The van der Waals surface area contributed by atoms with Gasteiger partial charge in [-0.3, -0.25) is 14.5 Å². The van der Waals surface area contributed by atoms with Crippen LogP contribution in [-0.2, 0) is 16.1 Å². The first-order valence-corrected chi connectivity index (χ1v) is 9.99. The lowest BCUT2D eigenvalue weighted by molar-refractivity contribution is -0.132. The summed E-state index contributed by atoms with van der Waals surface area (Å²) < 4.78 is 2.18. The van der Waals surface area contributed by atoms with E-state index in [4.69, 9.17) is 4.98 Å². The monoisotopic (exact) mass is 383 g/mol. The van der Waals surface area contributed by atoms with Crippen molar-refractivity contribution in [2.75, 3.05) is 26.2 Å². The Labute approximate surface area is 165 Å². The molecular weight excluding hydrogens is 354 g/mol. The van der Waals surface area contributed by atoms with Crippen LogP contribution in [-0.4, -0.2) is 62.7 Å². The number of pyridine rings is 1. The number of amides is 2. The maximum Gasteiger partial charge on any atom is 0.219 e. The fourth-order valence-corrected chi connectivity index (χ4v) is 5.02. The van der Waals surface area contributed by atoms with E-state index in [-0.39, 0.29) is 23.3 Å². The van der Waals surface area contributed by atoms with Gasteiger partial charge in [0.15, 0.2) is 0 Å². The molecule has 2 atom stereocenters. The summed E-state index contributed by atoms with van der Waals surface area (Å²) in [7, 11) is 0. The van der Waals surface area contributed by atoms with Crippen molar-refractivity contribution in [1.29, 1.82) is 0 Å². The number of nitrogens with one attached hydrogen (secondary N) is 1. The van der Waals surface area contributed by atoms with Crippen molar-refractivity contribution in [2.45, 2.75) is 46.2 Å². The molecule has 2 saturated heterocycles. The molecule has 0 aromatic carbocycles. The standard InChI is InChI=1S/C21H29N5O2/c1-14-6-5-8-26-19(15(2)22-20(14)26)12-24-10-18-11-25(17(4)28)9-7-21(18,13-24)23-16(3)27/h5-6,8,18H,7,9-13H2,1-4H3,(H,23,27)/t18-,21+/m0/s1. The van der Waals surface area contributed by atoms with Gasteiger partial charge in [-0.2, -0.15) is 0 Å². The van der Waals surface area contributed by atoms with Gasteiger partial charge >= 0.3 is 0 Å². The van der Waals surface area contributed by atoms with Gasteiger partial charge in [-0.15, -0.1) is 0 Å². The average Bonchev–Trinajstić information content (AvgIpc) is 3.12. The van der Waals surface area contributed by atoms with Crippen molar-refractivity contribution < 1.29 is 9.59 Å². The van der Waals surface area contributed by atoms with Crippen LogP contribution in [0.25, 0.3) is 5.65 Å². The molecule has 0 saturated carbocycles. The van der Waals surface area contributed by atoms with Gasteiger partial charge in [-0.05, 0) is 31.9 Å². The normalized spacial score (nSPS) is 25.1. The van der Waals surface area contributed by atoms with Crippen molar-refractivity contribution in [2.24, 2.45) is 5.92 Å². The van der Waals surface area contributed by atoms with Gasteiger partial charge in [0.2, 0.25) is 11.8 Å². The number of hydrogen-bond acceptors (Lipinski definition) is 4. The zero-order valence-corrected chi connectivity index (χ0v) is 17.2. The van der Waals surface area contributed by atoms with Crippen LogP contribution >= 0.6 is 0 Å². The van der Waals surface area contributed by atoms with Gasteiger partial charge in [0.1, 0.15) is 5.65 Å². The predicted molar refractivity (Wildman–Crippen MR) is 107 cm³/mol.